The molecule has 0 rings (SSSR count). The van der Waals surface area contributed by atoms with Crippen molar-refractivity contribution in [2.75, 3.05) is 26.1 Å². The van der Waals surface area contributed by atoms with Gasteiger partial charge in [0.05, 0.1) is 19.8 Å². The molecular formula is C27H55O6PS. The van der Waals surface area contributed by atoms with Crippen molar-refractivity contribution in [3.63, 3.8) is 0 Å². The van der Waals surface area contributed by atoms with E-state index in [1.54, 1.807) is 0 Å². The molecule has 0 aromatic carbocycles. The second kappa shape index (κ2) is 24.3. The lowest BCUT2D eigenvalue weighted by Crippen LogP contribution is -2.37. The maximum absolute atomic E-state index is 11.5. The van der Waals surface area contributed by atoms with Crippen LogP contribution in [0.15, 0.2) is 0 Å². The van der Waals surface area contributed by atoms with E-state index in [-0.39, 0.29) is 12.7 Å². The van der Waals surface area contributed by atoms with E-state index in [2.05, 4.69) is 37.3 Å². The van der Waals surface area contributed by atoms with Crippen LogP contribution in [0.1, 0.15) is 124 Å². The van der Waals surface area contributed by atoms with Gasteiger partial charge in [-0.05, 0) is 31.9 Å². The summed E-state index contributed by atoms with van der Waals surface area (Å²) < 4.78 is 26.9. The zero-order chi connectivity index (χ0) is 26.2. The van der Waals surface area contributed by atoms with E-state index in [9.17, 15) is 14.5 Å². The van der Waals surface area contributed by atoms with Gasteiger partial charge in [0.1, 0.15) is 8.46 Å². The van der Waals surface area contributed by atoms with E-state index in [0.717, 1.165) is 7.11 Å². The van der Waals surface area contributed by atoms with Crippen molar-refractivity contribution in [2.45, 2.75) is 140 Å². The fourth-order valence-corrected chi connectivity index (χ4v) is 5.76. The molecular weight excluding hydrogens is 483 g/mol. The SMILES string of the molecule is CCCCCCCCCCCSC(CCCCCCC)C(C)OCCCOC(O)([PH2]=O)C(=O)OC. The zero-order valence-corrected chi connectivity index (χ0v) is 25.0. The average Bonchev–Trinajstić information content (AvgIpc) is 2.87. The fraction of sp³-hybridized carbons (Fsp3) is 0.963. The van der Waals surface area contributed by atoms with Gasteiger partial charge in [-0.25, -0.2) is 4.79 Å². The Morgan fingerprint density at radius 1 is 0.857 bits per heavy atom. The van der Waals surface area contributed by atoms with Gasteiger partial charge in [-0.1, -0.05) is 97.3 Å². The summed E-state index contributed by atoms with van der Waals surface area (Å²) in [4.78, 5) is 11.5. The van der Waals surface area contributed by atoms with Crippen molar-refractivity contribution < 1.29 is 28.7 Å². The van der Waals surface area contributed by atoms with Crippen molar-refractivity contribution in [1.82, 2.24) is 0 Å². The number of methoxy groups -OCH3 is 1. The molecule has 0 bridgehead atoms. The van der Waals surface area contributed by atoms with Gasteiger partial charge in [0.25, 0.3) is 0 Å². The number of hydrogen-bond acceptors (Lipinski definition) is 7. The van der Waals surface area contributed by atoms with Crippen molar-refractivity contribution >= 4 is 26.2 Å². The molecule has 0 amide bonds. The first kappa shape index (κ1) is 34.9. The second-order valence-electron chi connectivity index (χ2n) is 9.52. The molecule has 1 N–H and O–H groups in total. The number of thioether (sulfide) groups is 1. The van der Waals surface area contributed by atoms with Crippen LogP contribution >= 0.6 is 20.2 Å². The van der Waals surface area contributed by atoms with Gasteiger partial charge in [-0.3, -0.25) is 0 Å². The topological polar surface area (TPSA) is 82.1 Å². The van der Waals surface area contributed by atoms with E-state index in [1.165, 1.54) is 102 Å². The van der Waals surface area contributed by atoms with Crippen molar-refractivity contribution in [3.8, 4) is 0 Å². The summed E-state index contributed by atoms with van der Waals surface area (Å²) in [6.07, 6.45) is 20.4. The third-order valence-corrected chi connectivity index (χ3v) is 8.62. The highest BCUT2D eigenvalue weighted by atomic mass is 32.2. The highest BCUT2D eigenvalue weighted by Crippen LogP contribution is 2.26. The van der Waals surface area contributed by atoms with Crippen LogP contribution in [0.3, 0.4) is 0 Å². The van der Waals surface area contributed by atoms with Crippen molar-refractivity contribution in [2.24, 2.45) is 0 Å². The molecule has 0 aromatic rings. The number of esters is 1. The average molecular weight is 539 g/mol. The molecule has 6 nitrogen and oxygen atoms in total. The third-order valence-electron chi connectivity index (χ3n) is 6.32. The molecule has 0 aliphatic rings. The minimum Gasteiger partial charge on any atom is -0.465 e. The normalized spacial score (nSPS) is 15.3. The first-order chi connectivity index (χ1) is 16.9. The largest absolute Gasteiger partial charge is 0.465 e. The predicted octanol–water partition coefficient (Wildman–Crippen LogP) is 7.37. The number of rotatable bonds is 26. The van der Waals surface area contributed by atoms with Crippen LogP contribution in [0.5, 0.6) is 0 Å². The summed E-state index contributed by atoms with van der Waals surface area (Å²) in [5, 5.41) is 10.4. The summed E-state index contributed by atoms with van der Waals surface area (Å²) in [7, 11) is -0.725. The molecule has 0 heterocycles. The number of unbranched alkanes of at least 4 members (excludes halogenated alkanes) is 12. The van der Waals surface area contributed by atoms with E-state index >= 15 is 0 Å². The van der Waals surface area contributed by atoms with E-state index in [0.29, 0.717) is 18.3 Å². The van der Waals surface area contributed by atoms with Crippen LogP contribution in [-0.2, 0) is 23.6 Å². The summed E-state index contributed by atoms with van der Waals surface area (Å²) in [5.41, 5.74) is -2.33. The van der Waals surface area contributed by atoms with Crippen LogP contribution in [0.25, 0.3) is 0 Å². The lowest BCUT2D eigenvalue weighted by molar-refractivity contribution is -0.193. The van der Waals surface area contributed by atoms with E-state index < -0.39 is 20.0 Å². The minimum atomic E-state index is -2.33. The Kier molecular flexibility index (Phi) is 24.2. The first-order valence-electron chi connectivity index (χ1n) is 14.1. The van der Waals surface area contributed by atoms with Gasteiger partial charge in [-0.2, -0.15) is 11.8 Å². The van der Waals surface area contributed by atoms with Crippen LogP contribution < -0.4 is 0 Å². The highest BCUT2D eigenvalue weighted by Gasteiger charge is 2.37. The lowest BCUT2D eigenvalue weighted by atomic mass is 10.1. The molecule has 0 aromatic heterocycles. The molecule has 0 saturated heterocycles. The maximum Gasteiger partial charge on any atom is 0.373 e. The number of ether oxygens (including phenoxy) is 3. The molecule has 0 radical (unpaired) electrons. The van der Waals surface area contributed by atoms with Gasteiger partial charge in [0.15, 0.2) is 0 Å². The molecule has 8 heteroatoms. The Morgan fingerprint density at radius 2 is 1.40 bits per heavy atom. The number of carbonyl (C=O) groups excluding carboxylic acids is 1. The zero-order valence-electron chi connectivity index (χ0n) is 23.1. The summed E-state index contributed by atoms with van der Waals surface area (Å²) in [6, 6.07) is 0. The van der Waals surface area contributed by atoms with Crippen LogP contribution in [0.4, 0.5) is 0 Å². The molecule has 210 valence electrons. The van der Waals surface area contributed by atoms with Crippen molar-refractivity contribution in [3.05, 3.63) is 0 Å². The Morgan fingerprint density at radius 3 is 1.94 bits per heavy atom. The number of carbonyl (C=O) groups is 1. The minimum absolute atomic E-state index is 0.0842. The lowest BCUT2D eigenvalue weighted by Gasteiger charge is -2.25. The highest BCUT2D eigenvalue weighted by molar-refractivity contribution is 7.99. The molecule has 0 aliphatic carbocycles. The van der Waals surface area contributed by atoms with Crippen molar-refractivity contribution in [1.29, 1.82) is 0 Å². The quantitative estimate of drug-likeness (QED) is 0.0533. The molecule has 35 heavy (non-hydrogen) atoms. The van der Waals surface area contributed by atoms with E-state index in [1.807, 2.05) is 0 Å². The monoisotopic (exact) mass is 538 g/mol. The Balaban J connectivity index is 4.25. The van der Waals surface area contributed by atoms with Crippen LogP contribution in [-0.4, -0.2) is 54.0 Å². The molecule has 4 unspecified atom stereocenters. The van der Waals surface area contributed by atoms with Gasteiger partial charge in [-0.15, -0.1) is 0 Å². The van der Waals surface area contributed by atoms with Crippen LogP contribution in [0.2, 0.25) is 0 Å². The molecule has 0 spiro atoms. The number of hydrogen-bond donors (Lipinski definition) is 1. The van der Waals surface area contributed by atoms with Gasteiger partial charge >= 0.3 is 11.5 Å². The van der Waals surface area contributed by atoms with Gasteiger partial charge in [0, 0.05) is 11.9 Å². The standard InChI is InChI=1S/C27H55O6PS/c1-5-7-9-11-12-13-14-16-18-23-35-25(20-17-15-10-8-6-2)24(3)32-21-19-22-33-27(29,34-30)26(28)31-4/h24-25,29H,5-23,34H2,1-4H3. The summed E-state index contributed by atoms with van der Waals surface area (Å²) in [6.45, 7) is 7.21. The van der Waals surface area contributed by atoms with Gasteiger partial charge < -0.3 is 23.9 Å². The molecule has 4 atom stereocenters. The summed E-state index contributed by atoms with van der Waals surface area (Å²) in [5.74, 6) is 0.165. The smallest absolute Gasteiger partial charge is 0.373 e. The number of aliphatic hydroxyl groups is 1. The second-order valence-corrected chi connectivity index (χ2v) is 11.9. The first-order valence-corrected chi connectivity index (χ1v) is 16.2. The van der Waals surface area contributed by atoms with Gasteiger partial charge in [0.2, 0.25) is 0 Å². The molecule has 0 fully saturated rings. The Bertz CT molecular complexity index is 510. The Hall–Kier alpha value is -0.0700. The third kappa shape index (κ3) is 18.8. The fourth-order valence-electron chi connectivity index (χ4n) is 4.00. The Labute approximate surface area is 221 Å². The maximum atomic E-state index is 11.5. The molecule has 0 saturated carbocycles. The van der Waals surface area contributed by atoms with Crippen LogP contribution in [0, 0.1) is 0 Å². The summed E-state index contributed by atoms with van der Waals surface area (Å²) >= 11 is 2.05. The predicted molar refractivity (Wildman–Crippen MR) is 150 cm³/mol. The molecule has 0 aliphatic heterocycles. The van der Waals surface area contributed by atoms with E-state index in [4.69, 9.17) is 9.47 Å².